The van der Waals surface area contributed by atoms with Crippen LogP contribution in [-0.4, -0.2) is 71.0 Å². The van der Waals surface area contributed by atoms with Crippen LogP contribution in [0.4, 0.5) is 0 Å². The molecule has 2 N–H and O–H groups in total. The van der Waals surface area contributed by atoms with Crippen LogP contribution in [0.5, 0.6) is 0 Å². The van der Waals surface area contributed by atoms with E-state index >= 15 is 0 Å². The van der Waals surface area contributed by atoms with Gasteiger partial charge in [-0.25, -0.2) is 0 Å². The fourth-order valence-electron chi connectivity index (χ4n) is 2.97. The van der Waals surface area contributed by atoms with Crippen molar-refractivity contribution in [3.63, 3.8) is 0 Å². The van der Waals surface area contributed by atoms with Crippen LogP contribution >= 0.6 is 0 Å². The number of nitroso groups, excluding NO2 is 1. The molecule has 1 aliphatic heterocycles. The molecule has 2 heterocycles. The van der Waals surface area contributed by atoms with Crippen molar-refractivity contribution in [2.75, 3.05) is 26.4 Å². The van der Waals surface area contributed by atoms with Gasteiger partial charge in [-0.1, -0.05) is 18.5 Å². The third kappa shape index (κ3) is 5.82. The van der Waals surface area contributed by atoms with Gasteiger partial charge in [0.1, 0.15) is 18.2 Å². The SMILES string of the molecule is CCCc1cn(CCOCCO[C@H]2C[C@@H](N=O)[C@@H](O)[C@@H](CO)O2)nc1C. The average Bonchev–Trinajstić information content (AvgIpc) is 2.98. The second-order valence-electron chi connectivity index (χ2n) is 6.42. The monoisotopic (exact) mass is 371 g/mol. The number of nitrogens with zero attached hydrogens (tertiary/aromatic N) is 3. The summed E-state index contributed by atoms with van der Waals surface area (Å²) in [5.74, 6) is 0. The Morgan fingerprint density at radius 3 is 2.92 bits per heavy atom. The maximum atomic E-state index is 10.8. The number of aliphatic hydroxyl groups is 2. The van der Waals surface area contributed by atoms with Crippen molar-refractivity contribution < 1.29 is 24.4 Å². The Morgan fingerprint density at radius 1 is 1.42 bits per heavy atom. The first kappa shape index (κ1) is 20.9. The largest absolute Gasteiger partial charge is 0.394 e. The Morgan fingerprint density at radius 2 is 2.23 bits per heavy atom. The minimum absolute atomic E-state index is 0.161. The fraction of sp³-hybridized carbons (Fsp3) is 0.824. The molecular weight excluding hydrogens is 342 g/mol. The maximum absolute atomic E-state index is 10.8. The summed E-state index contributed by atoms with van der Waals surface area (Å²) in [6, 6.07) is -0.841. The fourth-order valence-corrected chi connectivity index (χ4v) is 2.97. The zero-order valence-electron chi connectivity index (χ0n) is 15.4. The van der Waals surface area contributed by atoms with E-state index in [9.17, 15) is 15.1 Å². The molecule has 1 aliphatic rings. The Bertz CT molecular complexity index is 553. The summed E-state index contributed by atoms with van der Waals surface area (Å²) < 4.78 is 18.3. The number of aliphatic hydroxyl groups excluding tert-OH is 2. The molecule has 4 atom stereocenters. The highest BCUT2D eigenvalue weighted by molar-refractivity contribution is 5.15. The highest BCUT2D eigenvalue weighted by Gasteiger charge is 2.38. The first-order chi connectivity index (χ1) is 12.6. The zero-order valence-corrected chi connectivity index (χ0v) is 15.4. The van der Waals surface area contributed by atoms with E-state index in [1.54, 1.807) is 0 Å². The molecule has 148 valence electrons. The third-order valence-corrected chi connectivity index (χ3v) is 4.41. The molecule has 0 spiro atoms. The summed E-state index contributed by atoms with van der Waals surface area (Å²) in [5, 5.41) is 26.3. The number of hydrogen-bond acceptors (Lipinski definition) is 8. The van der Waals surface area contributed by atoms with Crippen molar-refractivity contribution in [3.05, 3.63) is 22.4 Å². The summed E-state index contributed by atoms with van der Waals surface area (Å²) in [6.45, 7) is 5.59. The lowest BCUT2D eigenvalue weighted by molar-refractivity contribution is -0.237. The second-order valence-corrected chi connectivity index (χ2v) is 6.42. The molecule has 0 aromatic carbocycles. The van der Waals surface area contributed by atoms with Gasteiger partial charge in [0.2, 0.25) is 0 Å². The smallest absolute Gasteiger partial charge is 0.160 e. The van der Waals surface area contributed by atoms with E-state index in [1.807, 2.05) is 11.6 Å². The lowest BCUT2D eigenvalue weighted by atomic mass is 10.00. The van der Waals surface area contributed by atoms with E-state index in [4.69, 9.17) is 14.2 Å². The lowest BCUT2D eigenvalue weighted by Gasteiger charge is -2.35. The molecule has 0 radical (unpaired) electrons. The van der Waals surface area contributed by atoms with Crippen LogP contribution in [0.25, 0.3) is 0 Å². The van der Waals surface area contributed by atoms with E-state index < -0.39 is 31.1 Å². The lowest BCUT2D eigenvalue weighted by Crippen LogP contribution is -2.49. The normalized spacial score (nSPS) is 26.2. The minimum Gasteiger partial charge on any atom is -0.394 e. The van der Waals surface area contributed by atoms with Gasteiger partial charge < -0.3 is 24.4 Å². The van der Waals surface area contributed by atoms with Gasteiger partial charge in [-0.15, -0.1) is 0 Å². The molecule has 1 aromatic rings. The number of ether oxygens (including phenoxy) is 3. The van der Waals surface area contributed by atoms with Crippen LogP contribution in [0.3, 0.4) is 0 Å². The first-order valence-corrected chi connectivity index (χ1v) is 9.08. The highest BCUT2D eigenvalue weighted by atomic mass is 16.7. The van der Waals surface area contributed by atoms with Crippen molar-refractivity contribution in [3.8, 4) is 0 Å². The second kappa shape index (κ2) is 10.7. The number of rotatable bonds is 11. The molecule has 0 unspecified atom stereocenters. The van der Waals surface area contributed by atoms with Crippen molar-refractivity contribution >= 4 is 0 Å². The maximum Gasteiger partial charge on any atom is 0.160 e. The van der Waals surface area contributed by atoms with Gasteiger partial charge in [-0.2, -0.15) is 10.0 Å². The van der Waals surface area contributed by atoms with Gasteiger partial charge >= 0.3 is 0 Å². The molecular formula is C17H29N3O6. The molecule has 9 nitrogen and oxygen atoms in total. The van der Waals surface area contributed by atoms with Crippen molar-refractivity contribution in [2.24, 2.45) is 5.18 Å². The first-order valence-electron chi connectivity index (χ1n) is 9.08. The van der Waals surface area contributed by atoms with Gasteiger partial charge in [-0.05, 0) is 18.9 Å². The van der Waals surface area contributed by atoms with E-state index in [0.717, 1.165) is 18.5 Å². The van der Waals surface area contributed by atoms with Gasteiger partial charge in [0.05, 0.1) is 38.7 Å². The number of aromatic nitrogens is 2. The third-order valence-electron chi connectivity index (χ3n) is 4.41. The Hall–Kier alpha value is -1.39. The predicted octanol–water partition coefficient (Wildman–Crippen LogP) is 0.780. The standard InChI is InChI=1S/C17H29N3O6/c1-3-4-13-10-20(18-12(13)2)5-6-24-7-8-25-16-9-14(19-23)17(22)15(11-21)26-16/h10,14-17,21-22H,3-9,11H2,1-2H3/t14-,15-,16-,17-/m1/s1. The molecule has 0 amide bonds. The number of hydrogen-bond donors (Lipinski definition) is 2. The summed E-state index contributed by atoms with van der Waals surface area (Å²) in [7, 11) is 0. The van der Waals surface area contributed by atoms with Crippen LogP contribution in [-0.2, 0) is 27.2 Å². The van der Waals surface area contributed by atoms with Crippen LogP contribution in [0.2, 0.25) is 0 Å². The molecule has 26 heavy (non-hydrogen) atoms. The molecule has 1 aromatic heterocycles. The van der Waals surface area contributed by atoms with Gasteiger partial charge in [0, 0.05) is 12.6 Å². The van der Waals surface area contributed by atoms with Crippen molar-refractivity contribution in [1.29, 1.82) is 0 Å². The summed E-state index contributed by atoms with van der Waals surface area (Å²) in [5.41, 5.74) is 2.33. The van der Waals surface area contributed by atoms with Crippen molar-refractivity contribution in [1.82, 2.24) is 9.78 Å². The molecule has 0 bridgehead atoms. The zero-order chi connectivity index (χ0) is 18.9. The topological polar surface area (TPSA) is 115 Å². The van der Waals surface area contributed by atoms with Crippen LogP contribution in [0.15, 0.2) is 11.4 Å². The van der Waals surface area contributed by atoms with Crippen LogP contribution in [0, 0.1) is 11.8 Å². The summed E-state index contributed by atoms with van der Waals surface area (Å²) in [6.07, 6.45) is 1.68. The summed E-state index contributed by atoms with van der Waals surface area (Å²) in [4.78, 5) is 10.8. The van der Waals surface area contributed by atoms with Crippen LogP contribution < -0.4 is 0 Å². The Balaban J connectivity index is 1.63. The van der Waals surface area contributed by atoms with Crippen LogP contribution in [0.1, 0.15) is 31.0 Å². The van der Waals surface area contributed by atoms with E-state index in [-0.39, 0.29) is 13.0 Å². The van der Waals surface area contributed by atoms with E-state index in [1.165, 1.54) is 5.56 Å². The molecule has 0 aliphatic carbocycles. The van der Waals surface area contributed by atoms with Crippen molar-refractivity contribution in [2.45, 2.75) is 64.2 Å². The number of aryl methyl sites for hydroxylation is 2. The Kier molecular flexibility index (Phi) is 8.60. The van der Waals surface area contributed by atoms with E-state index in [2.05, 4.69) is 23.4 Å². The van der Waals surface area contributed by atoms with E-state index in [0.29, 0.717) is 19.8 Å². The van der Waals surface area contributed by atoms with Gasteiger partial charge in [-0.3, -0.25) is 4.68 Å². The molecule has 0 saturated carbocycles. The average molecular weight is 371 g/mol. The quantitative estimate of drug-likeness (QED) is 0.436. The Labute approximate surface area is 153 Å². The predicted molar refractivity (Wildman–Crippen MR) is 93.7 cm³/mol. The summed E-state index contributed by atoms with van der Waals surface area (Å²) >= 11 is 0. The van der Waals surface area contributed by atoms with Gasteiger partial charge in [0.25, 0.3) is 0 Å². The van der Waals surface area contributed by atoms with Gasteiger partial charge in [0.15, 0.2) is 6.29 Å². The molecule has 1 fully saturated rings. The molecule has 2 rings (SSSR count). The highest BCUT2D eigenvalue weighted by Crippen LogP contribution is 2.23. The molecule has 9 heteroatoms. The molecule has 1 saturated heterocycles. The minimum atomic E-state index is -1.11.